The number of sulfonamides is 1. The molecular formula is C18H21N3O5S. The summed E-state index contributed by atoms with van der Waals surface area (Å²) in [5.74, 6) is -0.318. The summed E-state index contributed by atoms with van der Waals surface area (Å²) in [6.07, 6.45) is 0. The van der Waals surface area contributed by atoms with Gasteiger partial charge in [-0.2, -0.15) is 0 Å². The Morgan fingerprint density at radius 2 is 1.85 bits per heavy atom. The number of nitro benzene ring substituents is 1. The molecule has 0 aliphatic carbocycles. The number of non-ortho nitro benzene ring substituents is 1. The molecule has 2 aromatic rings. The molecule has 1 N–H and O–H groups in total. The first kappa shape index (κ1) is 20.5. The Morgan fingerprint density at radius 3 is 2.41 bits per heavy atom. The fourth-order valence-corrected chi connectivity index (χ4v) is 3.59. The molecule has 0 radical (unpaired) electrons. The molecule has 9 heteroatoms. The standard InChI is InChI=1S/C18H21N3O5S/c1-4-19-27(25,26)17-10-8-14(9-11-17)18(22)20(3)13(2)15-6-5-7-16(12-15)21(23)24/h5-13,19H,4H2,1-3H3/t13-/m1/s1. The van der Waals surface area contributed by atoms with Crippen molar-refractivity contribution < 1.29 is 18.1 Å². The van der Waals surface area contributed by atoms with Gasteiger partial charge in [0.2, 0.25) is 10.0 Å². The van der Waals surface area contributed by atoms with Crippen LogP contribution in [-0.2, 0) is 10.0 Å². The molecule has 0 aromatic heterocycles. The Labute approximate surface area is 158 Å². The van der Waals surface area contributed by atoms with Crippen LogP contribution in [0.15, 0.2) is 53.4 Å². The highest BCUT2D eigenvalue weighted by atomic mass is 32.2. The summed E-state index contributed by atoms with van der Waals surface area (Å²) in [5.41, 5.74) is 0.912. The smallest absolute Gasteiger partial charge is 0.269 e. The van der Waals surface area contributed by atoms with Crippen LogP contribution in [0.3, 0.4) is 0 Å². The van der Waals surface area contributed by atoms with E-state index < -0.39 is 21.0 Å². The van der Waals surface area contributed by atoms with E-state index in [1.54, 1.807) is 33.0 Å². The van der Waals surface area contributed by atoms with Gasteiger partial charge in [0, 0.05) is 31.3 Å². The van der Waals surface area contributed by atoms with Crippen LogP contribution in [0.2, 0.25) is 0 Å². The number of rotatable bonds is 7. The average Bonchev–Trinajstić information content (AvgIpc) is 2.66. The maximum atomic E-state index is 12.7. The number of hydrogen-bond donors (Lipinski definition) is 1. The Kier molecular flexibility index (Phi) is 6.29. The van der Waals surface area contributed by atoms with Crippen LogP contribution in [-0.4, -0.2) is 37.7 Å². The zero-order valence-electron chi connectivity index (χ0n) is 15.2. The van der Waals surface area contributed by atoms with Crippen LogP contribution < -0.4 is 4.72 Å². The maximum absolute atomic E-state index is 12.7. The molecule has 8 nitrogen and oxygen atoms in total. The van der Waals surface area contributed by atoms with Crippen molar-refractivity contribution in [1.29, 1.82) is 0 Å². The van der Waals surface area contributed by atoms with Crippen LogP contribution >= 0.6 is 0 Å². The van der Waals surface area contributed by atoms with E-state index in [0.717, 1.165) is 0 Å². The number of carbonyl (C=O) groups excluding carboxylic acids is 1. The Morgan fingerprint density at radius 1 is 1.22 bits per heavy atom. The molecule has 0 fully saturated rings. The van der Waals surface area contributed by atoms with Gasteiger partial charge in [0.1, 0.15) is 0 Å². The monoisotopic (exact) mass is 391 g/mol. The molecule has 1 amide bonds. The molecule has 0 unspecified atom stereocenters. The Balaban J connectivity index is 2.21. The second-order valence-electron chi connectivity index (χ2n) is 5.97. The second kappa shape index (κ2) is 8.28. The lowest BCUT2D eigenvalue weighted by atomic mass is 10.1. The van der Waals surface area contributed by atoms with Gasteiger partial charge in [-0.1, -0.05) is 19.1 Å². The van der Waals surface area contributed by atoms with Crippen molar-refractivity contribution in [2.45, 2.75) is 24.8 Å². The molecule has 0 saturated heterocycles. The molecule has 0 spiro atoms. The molecule has 1 atom stereocenters. The molecule has 27 heavy (non-hydrogen) atoms. The number of benzene rings is 2. The summed E-state index contributed by atoms with van der Waals surface area (Å²) in [6, 6.07) is 11.3. The van der Waals surface area contributed by atoms with Crippen LogP contribution in [0.5, 0.6) is 0 Å². The van der Waals surface area contributed by atoms with Gasteiger partial charge in [-0.25, -0.2) is 13.1 Å². The van der Waals surface area contributed by atoms with Crippen LogP contribution in [0.4, 0.5) is 5.69 Å². The van der Waals surface area contributed by atoms with Crippen molar-refractivity contribution in [3.63, 3.8) is 0 Å². The zero-order chi connectivity index (χ0) is 20.2. The summed E-state index contributed by atoms with van der Waals surface area (Å²) >= 11 is 0. The predicted octanol–water partition coefficient (Wildman–Crippen LogP) is 2.73. The molecular weight excluding hydrogens is 370 g/mol. The number of nitrogens with one attached hydrogen (secondary N) is 1. The maximum Gasteiger partial charge on any atom is 0.269 e. The van der Waals surface area contributed by atoms with Gasteiger partial charge in [0.15, 0.2) is 0 Å². The fourth-order valence-electron chi connectivity index (χ4n) is 2.55. The molecule has 0 bridgehead atoms. The summed E-state index contributed by atoms with van der Waals surface area (Å²) in [4.78, 5) is 24.7. The number of nitrogens with zero attached hydrogens (tertiary/aromatic N) is 2. The highest BCUT2D eigenvalue weighted by Crippen LogP contribution is 2.24. The summed E-state index contributed by atoms with van der Waals surface area (Å²) < 4.78 is 26.3. The van der Waals surface area contributed by atoms with E-state index in [1.807, 2.05) is 0 Å². The third-order valence-corrected chi connectivity index (χ3v) is 5.77. The number of amides is 1. The minimum atomic E-state index is -3.58. The molecule has 144 valence electrons. The number of carbonyl (C=O) groups is 1. The van der Waals surface area contributed by atoms with E-state index in [2.05, 4.69) is 4.72 Å². The minimum absolute atomic E-state index is 0.0433. The van der Waals surface area contributed by atoms with Gasteiger partial charge in [0.25, 0.3) is 11.6 Å². The van der Waals surface area contributed by atoms with Crippen molar-refractivity contribution >= 4 is 21.6 Å². The van der Waals surface area contributed by atoms with Gasteiger partial charge in [-0.3, -0.25) is 14.9 Å². The third kappa shape index (κ3) is 4.69. The summed E-state index contributed by atoms with van der Waals surface area (Å²) in [6.45, 7) is 3.72. The summed E-state index contributed by atoms with van der Waals surface area (Å²) in [5, 5.41) is 10.9. The number of nitro groups is 1. The van der Waals surface area contributed by atoms with E-state index >= 15 is 0 Å². The van der Waals surface area contributed by atoms with Gasteiger partial charge >= 0.3 is 0 Å². The van der Waals surface area contributed by atoms with Gasteiger partial charge < -0.3 is 4.90 Å². The first-order valence-corrected chi connectivity index (χ1v) is 9.77. The normalized spacial score (nSPS) is 12.4. The summed E-state index contributed by atoms with van der Waals surface area (Å²) in [7, 11) is -1.99. The van der Waals surface area contributed by atoms with Crippen LogP contribution in [0.25, 0.3) is 0 Å². The number of hydrogen-bond acceptors (Lipinski definition) is 5. The molecule has 0 saturated carbocycles. The zero-order valence-corrected chi connectivity index (χ0v) is 16.1. The molecule has 0 aliphatic heterocycles. The predicted molar refractivity (Wildman–Crippen MR) is 101 cm³/mol. The van der Waals surface area contributed by atoms with E-state index in [0.29, 0.717) is 11.1 Å². The molecule has 2 aromatic carbocycles. The van der Waals surface area contributed by atoms with Crippen molar-refractivity contribution in [2.24, 2.45) is 0 Å². The Bertz CT molecular complexity index is 942. The topological polar surface area (TPSA) is 110 Å². The lowest BCUT2D eigenvalue weighted by molar-refractivity contribution is -0.384. The highest BCUT2D eigenvalue weighted by Gasteiger charge is 2.21. The van der Waals surface area contributed by atoms with Crippen LogP contribution in [0, 0.1) is 10.1 Å². The lowest BCUT2D eigenvalue weighted by Crippen LogP contribution is -2.29. The first-order valence-electron chi connectivity index (χ1n) is 8.28. The SMILES string of the molecule is CCNS(=O)(=O)c1ccc(C(=O)N(C)[C@H](C)c2cccc([N+](=O)[O-])c2)cc1. The van der Waals surface area contributed by atoms with Crippen LogP contribution in [0.1, 0.15) is 35.8 Å². The minimum Gasteiger partial charge on any atom is -0.335 e. The Hall–Kier alpha value is -2.78. The van der Waals surface area contributed by atoms with E-state index in [-0.39, 0.29) is 23.0 Å². The van der Waals surface area contributed by atoms with Gasteiger partial charge in [-0.05, 0) is 36.8 Å². The fraction of sp³-hybridized carbons (Fsp3) is 0.278. The van der Waals surface area contributed by atoms with Crippen molar-refractivity contribution in [1.82, 2.24) is 9.62 Å². The third-order valence-electron chi connectivity index (χ3n) is 4.21. The van der Waals surface area contributed by atoms with Gasteiger partial charge in [0.05, 0.1) is 15.9 Å². The quantitative estimate of drug-likeness (QED) is 0.576. The van der Waals surface area contributed by atoms with Gasteiger partial charge in [-0.15, -0.1) is 0 Å². The van der Waals surface area contributed by atoms with Crippen molar-refractivity contribution in [3.8, 4) is 0 Å². The van der Waals surface area contributed by atoms with Crippen molar-refractivity contribution in [3.05, 3.63) is 69.8 Å². The highest BCUT2D eigenvalue weighted by molar-refractivity contribution is 7.89. The average molecular weight is 391 g/mol. The molecule has 2 rings (SSSR count). The van der Waals surface area contributed by atoms with E-state index in [9.17, 15) is 23.3 Å². The first-order chi connectivity index (χ1) is 12.7. The molecule has 0 heterocycles. The van der Waals surface area contributed by atoms with E-state index in [1.165, 1.54) is 41.3 Å². The van der Waals surface area contributed by atoms with Crippen molar-refractivity contribution in [2.75, 3.05) is 13.6 Å². The van der Waals surface area contributed by atoms with E-state index in [4.69, 9.17) is 0 Å². The molecule has 0 aliphatic rings. The largest absolute Gasteiger partial charge is 0.335 e. The second-order valence-corrected chi connectivity index (χ2v) is 7.74. The lowest BCUT2D eigenvalue weighted by Gasteiger charge is -2.25.